The van der Waals surface area contributed by atoms with E-state index >= 15 is 0 Å². The minimum Gasteiger partial charge on any atom is -0.311 e. The van der Waals surface area contributed by atoms with Crippen LogP contribution in [0, 0.1) is 12.8 Å². The molecule has 3 unspecified atom stereocenters. The molecule has 3 atom stereocenters. The van der Waals surface area contributed by atoms with Crippen molar-refractivity contribution in [2.45, 2.75) is 58.0 Å². The predicted molar refractivity (Wildman–Crippen MR) is 86.5 cm³/mol. The van der Waals surface area contributed by atoms with Gasteiger partial charge < -0.3 is 10.2 Å². The molecule has 1 saturated heterocycles. The van der Waals surface area contributed by atoms with E-state index < -0.39 is 0 Å². The Morgan fingerprint density at radius 2 is 2.05 bits per heavy atom. The maximum Gasteiger partial charge on any atom is 0.244 e. The molecule has 1 saturated carbocycles. The number of benzene rings is 1. The van der Waals surface area contributed by atoms with Crippen LogP contribution in [0.1, 0.15) is 44.6 Å². The summed E-state index contributed by atoms with van der Waals surface area (Å²) in [4.78, 5) is 14.9. The number of carbonyl (C=O) groups excluding carboxylic acids is 1. The van der Waals surface area contributed by atoms with E-state index in [-0.39, 0.29) is 11.9 Å². The summed E-state index contributed by atoms with van der Waals surface area (Å²) in [6, 6.07) is 8.76. The van der Waals surface area contributed by atoms with E-state index in [0.717, 1.165) is 18.7 Å². The number of hydrogen-bond acceptors (Lipinski definition) is 2. The maximum atomic E-state index is 12.9. The number of amides is 1. The largest absolute Gasteiger partial charge is 0.311 e. The summed E-state index contributed by atoms with van der Waals surface area (Å²) < 4.78 is 0. The van der Waals surface area contributed by atoms with Crippen LogP contribution in [0.15, 0.2) is 24.3 Å². The Balaban J connectivity index is 1.76. The summed E-state index contributed by atoms with van der Waals surface area (Å²) in [5, 5.41) is 3.61. The summed E-state index contributed by atoms with van der Waals surface area (Å²) in [6.45, 7) is 4.87. The van der Waals surface area contributed by atoms with E-state index in [1.807, 2.05) is 17.0 Å². The Bertz CT molecular complexity index is 500. The van der Waals surface area contributed by atoms with Gasteiger partial charge in [-0.15, -0.1) is 0 Å². The summed E-state index contributed by atoms with van der Waals surface area (Å²) in [5.41, 5.74) is 2.23. The molecule has 0 spiro atoms. The summed E-state index contributed by atoms with van der Waals surface area (Å²) >= 11 is 0. The van der Waals surface area contributed by atoms with Gasteiger partial charge in [-0.25, -0.2) is 0 Å². The Labute approximate surface area is 127 Å². The van der Waals surface area contributed by atoms with Crippen LogP contribution >= 0.6 is 0 Å². The molecule has 0 aromatic heterocycles. The fourth-order valence-corrected chi connectivity index (χ4v) is 4.01. The first-order chi connectivity index (χ1) is 10.2. The minimum atomic E-state index is 0.0117. The normalized spacial score (nSPS) is 28.2. The molecule has 0 radical (unpaired) electrons. The second-order valence-corrected chi connectivity index (χ2v) is 6.47. The van der Waals surface area contributed by atoms with Crippen molar-refractivity contribution in [2.75, 3.05) is 11.4 Å². The van der Waals surface area contributed by atoms with E-state index in [1.54, 1.807) is 0 Å². The SMILES string of the molecule is CCN(C(=O)C1CC2CCCCC2N1)c1ccccc1C. The topological polar surface area (TPSA) is 32.3 Å². The Morgan fingerprint density at radius 1 is 1.29 bits per heavy atom. The number of fused-ring (bicyclic) bond motifs is 1. The van der Waals surface area contributed by atoms with Crippen molar-refractivity contribution in [1.29, 1.82) is 0 Å². The number of aryl methyl sites for hydroxylation is 1. The lowest BCUT2D eigenvalue weighted by molar-refractivity contribution is -0.120. The third kappa shape index (κ3) is 2.84. The Hall–Kier alpha value is -1.35. The predicted octanol–water partition coefficient (Wildman–Crippen LogP) is 3.27. The van der Waals surface area contributed by atoms with Crippen LogP contribution in [-0.2, 0) is 4.79 Å². The lowest BCUT2D eigenvalue weighted by Gasteiger charge is -2.26. The average Bonchev–Trinajstić information content (AvgIpc) is 2.93. The summed E-state index contributed by atoms with van der Waals surface area (Å²) in [6.07, 6.45) is 6.19. The summed E-state index contributed by atoms with van der Waals surface area (Å²) in [7, 11) is 0. The van der Waals surface area contributed by atoms with Gasteiger partial charge in [-0.05, 0) is 50.7 Å². The monoisotopic (exact) mass is 286 g/mol. The quantitative estimate of drug-likeness (QED) is 0.925. The zero-order valence-corrected chi connectivity index (χ0v) is 13.1. The smallest absolute Gasteiger partial charge is 0.244 e. The van der Waals surface area contributed by atoms with Crippen LogP contribution in [0.2, 0.25) is 0 Å². The third-order valence-corrected chi connectivity index (χ3v) is 5.15. The van der Waals surface area contributed by atoms with Crippen molar-refractivity contribution in [3.63, 3.8) is 0 Å². The second-order valence-electron chi connectivity index (χ2n) is 6.47. The van der Waals surface area contributed by atoms with Crippen LogP contribution in [0.5, 0.6) is 0 Å². The van der Waals surface area contributed by atoms with Crippen molar-refractivity contribution in [1.82, 2.24) is 5.32 Å². The molecule has 0 bridgehead atoms. The molecule has 1 N–H and O–H groups in total. The fourth-order valence-electron chi connectivity index (χ4n) is 4.01. The minimum absolute atomic E-state index is 0.0117. The number of nitrogens with zero attached hydrogens (tertiary/aromatic N) is 1. The van der Waals surface area contributed by atoms with Crippen molar-refractivity contribution in [3.8, 4) is 0 Å². The highest BCUT2D eigenvalue weighted by Crippen LogP contribution is 2.34. The Kier molecular flexibility index (Phi) is 4.29. The van der Waals surface area contributed by atoms with Gasteiger partial charge in [-0.2, -0.15) is 0 Å². The second kappa shape index (κ2) is 6.18. The van der Waals surface area contributed by atoms with Gasteiger partial charge in [-0.1, -0.05) is 31.0 Å². The lowest BCUT2D eigenvalue weighted by Crippen LogP contribution is -2.45. The molecule has 3 heteroatoms. The molecule has 1 aliphatic heterocycles. The van der Waals surface area contributed by atoms with Crippen molar-refractivity contribution in [2.24, 2.45) is 5.92 Å². The number of hydrogen-bond donors (Lipinski definition) is 1. The first-order valence-electron chi connectivity index (χ1n) is 8.33. The van der Waals surface area contributed by atoms with Crippen LogP contribution in [-0.4, -0.2) is 24.5 Å². The molecular weight excluding hydrogens is 260 g/mol. The molecule has 1 aliphatic carbocycles. The van der Waals surface area contributed by atoms with Gasteiger partial charge in [0.1, 0.15) is 0 Å². The molecule has 2 fully saturated rings. The molecule has 1 aromatic rings. The summed E-state index contributed by atoms with van der Waals surface area (Å²) in [5.74, 6) is 0.962. The van der Waals surface area contributed by atoms with E-state index in [2.05, 4.69) is 31.3 Å². The number of likely N-dealkylation sites (N-methyl/N-ethyl adjacent to an activating group) is 1. The van der Waals surface area contributed by atoms with Gasteiger partial charge in [0, 0.05) is 18.3 Å². The molecule has 21 heavy (non-hydrogen) atoms. The van der Waals surface area contributed by atoms with Gasteiger partial charge in [0.25, 0.3) is 0 Å². The van der Waals surface area contributed by atoms with E-state index in [0.29, 0.717) is 12.0 Å². The number of nitrogens with one attached hydrogen (secondary N) is 1. The maximum absolute atomic E-state index is 12.9. The number of anilines is 1. The van der Waals surface area contributed by atoms with Gasteiger partial charge in [0.2, 0.25) is 5.91 Å². The van der Waals surface area contributed by atoms with Crippen molar-refractivity contribution >= 4 is 11.6 Å². The molecule has 1 aromatic carbocycles. The molecule has 1 heterocycles. The van der Waals surface area contributed by atoms with Crippen LogP contribution in [0.3, 0.4) is 0 Å². The molecular formula is C18H26N2O. The van der Waals surface area contributed by atoms with E-state index in [9.17, 15) is 4.79 Å². The fraction of sp³-hybridized carbons (Fsp3) is 0.611. The van der Waals surface area contributed by atoms with Crippen molar-refractivity contribution < 1.29 is 4.79 Å². The van der Waals surface area contributed by atoms with Gasteiger partial charge in [-0.3, -0.25) is 4.79 Å². The van der Waals surface area contributed by atoms with Gasteiger partial charge in [0.15, 0.2) is 0 Å². The zero-order valence-electron chi connectivity index (χ0n) is 13.1. The molecule has 3 nitrogen and oxygen atoms in total. The van der Waals surface area contributed by atoms with E-state index in [4.69, 9.17) is 0 Å². The lowest BCUT2D eigenvalue weighted by atomic mass is 9.85. The standard InChI is InChI=1S/C18H26N2O/c1-3-20(17-11-7-4-8-13(17)2)18(21)16-12-14-9-5-6-10-15(14)19-16/h4,7-8,11,14-16,19H,3,5-6,9-10,12H2,1-2H3. The Morgan fingerprint density at radius 3 is 2.76 bits per heavy atom. The zero-order chi connectivity index (χ0) is 14.8. The molecule has 114 valence electrons. The first kappa shape index (κ1) is 14.6. The van der Waals surface area contributed by atoms with Gasteiger partial charge in [0.05, 0.1) is 6.04 Å². The van der Waals surface area contributed by atoms with Crippen LogP contribution in [0.4, 0.5) is 5.69 Å². The number of rotatable bonds is 3. The van der Waals surface area contributed by atoms with E-state index in [1.165, 1.54) is 31.2 Å². The van der Waals surface area contributed by atoms with Crippen LogP contribution in [0.25, 0.3) is 0 Å². The molecule has 2 aliphatic rings. The highest BCUT2D eigenvalue weighted by Gasteiger charge is 2.39. The molecule has 1 amide bonds. The van der Waals surface area contributed by atoms with Gasteiger partial charge >= 0.3 is 0 Å². The molecule has 3 rings (SSSR count). The first-order valence-corrected chi connectivity index (χ1v) is 8.33. The third-order valence-electron chi connectivity index (χ3n) is 5.15. The number of carbonyl (C=O) groups is 1. The van der Waals surface area contributed by atoms with Crippen LogP contribution < -0.4 is 10.2 Å². The highest BCUT2D eigenvalue weighted by atomic mass is 16.2. The highest BCUT2D eigenvalue weighted by molar-refractivity contribution is 5.98. The van der Waals surface area contributed by atoms with Crippen molar-refractivity contribution in [3.05, 3.63) is 29.8 Å². The average molecular weight is 286 g/mol. The number of para-hydroxylation sites is 1.